The highest BCUT2D eigenvalue weighted by atomic mass is 16.4. The molecule has 0 aromatic carbocycles. The number of aliphatic carboxylic acids is 1. The highest BCUT2D eigenvalue weighted by Gasteiger charge is 2.18. The highest BCUT2D eigenvalue weighted by molar-refractivity contribution is 5.82. The molecule has 1 heterocycles. The van der Waals surface area contributed by atoms with Crippen LogP contribution in [0.5, 0.6) is 0 Å². The van der Waals surface area contributed by atoms with Crippen LogP contribution < -0.4 is 10.6 Å². The maximum absolute atomic E-state index is 11.4. The molecule has 0 aliphatic heterocycles. The second-order valence-electron chi connectivity index (χ2n) is 3.91. The van der Waals surface area contributed by atoms with Crippen LogP contribution >= 0.6 is 0 Å². The second-order valence-corrected chi connectivity index (χ2v) is 3.91. The number of hydrogen-bond acceptors (Lipinski definition) is 4. The van der Waals surface area contributed by atoms with E-state index in [1.807, 2.05) is 12.1 Å². The number of carbonyl (C=O) groups is 2. The van der Waals surface area contributed by atoms with Crippen molar-refractivity contribution in [1.82, 2.24) is 15.6 Å². The fourth-order valence-corrected chi connectivity index (χ4v) is 1.47. The first kappa shape index (κ1) is 14.9. The van der Waals surface area contributed by atoms with Gasteiger partial charge in [-0.3, -0.25) is 4.98 Å². The van der Waals surface area contributed by atoms with E-state index in [9.17, 15) is 9.59 Å². The van der Waals surface area contributed by atoms with Crippen LogP contribution in [0, 0.1) is 0 Å². The van der Waals surface area contributed by atoms with Crippen molar-refractivity contribution in [2.24, 2.45) is 0 Å². The van der Waals surface area contributed by atoms with Gasteiger partial charge in [0.05, 0.1) is 0 Å². The van der Waals surface area contributed by atoms with E-state index >= 15 is 0 Å². The van der Waals surface area contributed by atoms with E-state index in [-0.39, 0.29) is 13.0 Å². The lowest BCUT2D eigenvalue weighted by Gasteiger charge is -2.13. The van der Waals surface area contributed by atoms with E-state index in [0.717, 1.165) is 5.56 Å². The molecule has 19 heavy (non-hydrogen) atoms. The van der Waals surface area contributed by atoms with E-state index in [0.29, 0.717) is 13.0 Å². The van der Waals surface area contributed by atoms with Gasteiger partial charge in [0.15, 0.2) is 0 Å². The van der Waals surface area contributed by atoms with Crippen LogP contribution in [-0.4, -0.2) is 46.4 Å². The molecule has 104 valence electrons. The van der Waals surface area contributed by atoms with Gasteiger partial charge in [-0.1, -0.05) is 0 Å². The predicted octanol–water partition coefficient (Wildman–Crippen LogP) is -0.241. The molecule has 2 amide bonds. The summed E-state index contributed by atoms with van der Waals surface area (Å²) in [5, 5.41) is 22.3. The third-order valence-corrected chi connectivity index (χ3v) is 2.47. The van der Waals surface area contributed by atoms with Gasteiger partial charge in [-0.2, -0.15) is 0 Å². The Bertz CT molecular complexity index is 411. The van der Waals surface area contributed by atoms with Crippen LogP contribution in [0.25, 0.3) is 0 Å². The fraction of sp³-hybridized carbons (Fsp3) is 0.417. The Balaban J connectivity index is 2.29. The van der Waals surface area contributed by atoms with Crippen molar-refractivity contribution < 1.29 is 19.8 Å². The summed E-state index contributed by atoms with van der Waals surface area (Å²) >= 11 is 0. The Morgan fingerprint density at radius 3 is 2.58 bits per heavy atom. The minimum absolute atomic E-state index is 0.0207. The first-order valence-electron chi connectivity index (χ1n) is 5.90. The van der Waals surface area contributed by atoms with Crippen LogP contribution in [0.4, 0.5) is 4.79 Å². The molecule has 0 radical (unpaired) electrons. The minimum atomic E-state index is -1.17. The van der Waals surface area contributed by atoms with Crippen LogP contribution in [-0.2, 0) is 11.2 Å². The Hall–Kier alpha value is -2.15. The summed E-state index contributed by atoms with van der Waals surface area (Å²) in [7, 11) is 0. The van der Waals surface area contributed by atoms with Crippen molar-refractivity contribution in [1.29, 1.82) is 0 Å². The van der Waals surface area contributed by atoms with Gasteiger partial charge in [0.1, 0.15) is 6.04 Å². The van der Waals surface area contributed by atoms with Crippen molar-refractivity contribution in [3.05, 3.63) is 30.1 Å². The topological polar surface area (TPSA) is 112 Å². The number of rotatable bonds is 7. The second kappa shape index (κ2) is 8.04. The van der Waals surface area contributed by atoms with Crippen molar-refractivity contribution in [2.45, 2.75) is 18.9 Å². The Labute approximate surface area is 110 Å². The van der Waals surface area contributed by atoms with E-state index in [1.54, 1.807) is 12.4 Å². The lowest BCUT2D eigenvalue weighted by molar-refractivity contribution is -0.139. The summed E-state index contributed by atoms with van der Waals surface area (Å²) in [6.07, 6.45) is 3.94. The normalized spacial score (nSPS) is 11.6. The standard InChI is InChI=1S/C12H17N3O4/c16-8-4-10(11(17)18)15-12(19)14-7-3-9-1-5-13-6-2-9/h1-2,5-6,10,16H,3-4,7-8H2,(H,17,18)(H2,14,15,19). The number of carboxylic acid groups (broad SMARTS) is 1. The number of pyridine rings is 1. The molecule has 0 aliphatic carbocycles. The number of nitrogens with zero attached hydrogens (tertiary/aromatic N) is 1. The number of aliphatic hydroxyl groups excluding tert-OH is 1. The summed E-state index contributed by atoms with van der Waals surface area (Å²) < 4.78 is 0. The average molecular weight is 267 g/mol. The van der Waals surface area contributed by atoms with Crippen molar-refractivity contribution in [3.63, 3.8) is 0 Å². The molecule has 0 saturated carbocycles. The monoisotopic (exact) mass is 267 g/mol. The molecule has 1 unspecified atom stereocenters. The summed E-state index contributed by atoms with van der Waals surface area (Å²) in [5.74, 6) is -1.17. The van der Waals surface area contributed by atoms with Gasteiger partial charge < -0.3 is 20.8 Å². The zero-order valence-corrected chi connectivity index (χ0v) is 10.4. The molecule has 0 saturated heterocycles. The molecule has 0 bridgehead atoms. The third kappa shape index (κ3) is 5.82. The number of carbonyl (C=O) groups excluding carboxylic acids is 1. The minimum Gasteiger partial charge on any atom is -0.480 e. The van der Waals surface area contributed by atoms with E-state index in [1.165, 1.54) is 0 Å². The van der Waals surface area contributed by atoms with E-state index < -0.39 is 18.0 Å². The number of hydrogen-bond donors (Lipinski definition) is 4. The third-order valence-electron chi connectivity index (χ3n) is 2.47. The first-order valence-corrected chi connectivity index (χ1v) is 5.90. The number of nitrogens with one attached hydrogen (secondary N) is 2. The molecule has 1 aromatic heterocycles. The molecular weight excluding hydrogens is 250 g/mol. The molecule has 1 rings (SSSR count). The molecule has 1 atom stereocenters. The number of amides is 2. The van der Waals surface area contributed by atoms with Crippen LogP contribution in [0.15, 0.2) is 24.5 Å². The van der Waals surface area contributed by atoms with Gasteiger partial charge in [-0.25, -0.2) is 9.59 Å². The van der Waals surface area contributed by atoms with Gasteiger partial charge in [0, 0.05) is 32.0 Å². The molecule has 7 nitrogen and oxygen atoms in total. The maximum atomic E-state index is 11.4. The number of aromatic nitrogens is 1. The highest BCUT2D eigenvalue weighted by Crippen LogP contribution is 1.96. The van der Waals surface area contributed by atoms with Crippen LogP contribution in [0.2, 0.25) is 0 Å². The largest absolute Gasteiger partial charge is 0.480 e. The quantitative estimate of drug-likeness (QED) is 0.544. The maximum Gasteiger partial charge on any atom is 0.326 e. The molecule has 0 fully saturated rings. The van der Waals surface area contributed by atoms with Crippen molar-refractivity contribution in [2.75, 3.05) is 13.2 Å². The lowest BCUT2D eigenvalue weighted by atomic mass is 10.2. The predicted molar refractivity (Wildman–Crippen MR) is 67.6 cm³/mol. The number of carboxylic acids is 1. The van der Waals surface area contributed by atoms with Gasteiger partial charge in [0.2, 0.25) is 0 Å². The molecule has 0 spiro atoms. The number of aliphatic hydroxyl groups is 1. The smallest absolute Gasteiger partial charge is 0.326 e. The zero-order valence-electron chi connectivity index (χ0n) is 10.4. The summed E-state index contributed by atoms with van der Waals surface area (Å²) in [5.41, 5.74) is 1.03. The Morgan fingerprint density at radius 1 is 1.32 bits per heavy atom. The van der Waals surface area contributed by atoms with Gasteiger partial charge in [-0.15, -0.1) is 0 Å². The molecule has 1 aromatic rings. The van der Waals surface area contributed by atoms with E-state index in [2.05, 4.69) is 15.6 Å². The van der Waals surface area contributed by atoms with E-state index in [4.69, 9.17) is 10.2 Å². The molecule has 4 N–H and O–H groups in total. The first-order chi connectivity index (χ1) is 9.13. The van der Waals surface area contributed by atoms with Crippen LogP contribution in [0.3, 0.4) is 0 Å². The summed E-state index contributed by atoms with van der Waals surface area (Å²) in [6.45, 7) is 0.0928. The zero-order chi connectivity index (χ0) is 14.1. The molecule has 7 heteroatoms. The SMILES string of the molecule is O=C(NCCc1ccncc1)NC(CCO)C(=O)O. The van der Waals surface area contributed by atoms with Crippen LogP contribution in [0.1, 0.15) is 12.0 Å². The molecule has 0 aliphatic rings. The van der Waals surface area contributed by atoms with Crippen molar-refractivity contribution >= 4 is 12.0 Å². The Kier molecular flexibility index (Phi) is 6.31. The van der Waals surface area contributed by atoms with Gasteiger partial charge in [-0.05, 0) is 24.1 Å². The van der Waals surface area contributed by atoms with Gasteiger partial charge in [0.25, 0.3) is 0 Å². The fourth-order valence-electron chi connectivity index (χ4n) is 1.47. The van der Waals surface area contributed by atoms with Gasteiger partial charge >= 0.3 is 12.0 Å². The average Bonchev–Trinajstić information content (AvgIpc) is 2.39. The number of urea groups is 1. The van der Waals surface area contributed by atoms with Crippen molar-refractivity contribution in [3.8, 4) is 0 Å². The Morgan fingerprint density at radius 2 is 2.00 bits per heavy atom. The summed E-state index contributed by atoms with van der Waals surface area (Å²) in [6, 6.07) is 2.04. The lowest BCUT2D eigenvalue weighted by Crippen LogP contribution is -2.46. The summed E-state index contributed by atoms with van der Waals surface area (Å²) in [4.78, 5) is 26.1. The molecular formula is C12H17N3O4.